The van der Waals surface area contributed by atoms with Gasteiger partial charge in [0.05, 0.1) is 0 Å². The quantitative estimate of drug-likeness (QED) is 0.761. The van der Waals surface area contributed by atoms with Gasteiger partial charge in [-0.25, -0.2) is 9.37 Å². The molecule has 16 heavy (non-hydrogen) atoms. The lowest BCUT2D eigenvalue weighted by molar-refractivity contribution is 0.536. The van der Waals surface area contributed by atoms with Gasteiger partial charge in [-0.2, -0.15) is 0 Å². The fourth-order valence-electron chi connectivity index (χ4n) is 2.59. The second-order valence-electron chi connectivity index (χ2n) is 4.47. The lowest BCUT2D eigenvalue weighted by Gasteiger charge is -2.06. The van der Waals surface area contributed by atoms with Crippen molar-refractivity contribution in [2.45, 2.75) is 6.42 Å². The fourth-order valence-corrected chi connectivity index (χ4v) is 2.70. The highest BCUT2D eigenvalue weighted by molar-refractivity contribution is 6.29. The summed E-state index contributed by atoms with van der Waals surface area (Å²) < 4.78 is 13.3. The summed E-state index contributed by atoms with van der Waals surface area (Å²) in [5.41, 5.74) is 2.08. The third kappa shape index (κ3) is 1.64. The first-order chi connectivity index (χ1) is 7.74. The second kappa shape index (κ2) is 3.82. The van der Waals surface area contributed by atoms with Gasteiger partial charge < -0.3 is 5.32 Å². The number of aromatic nitrogens is 1. The molecule has 0 aromatic carbocycles. The molecule has 1 saturated heterocycles. The number of allylic oxidation sites excluding steroid dienone is 1. The summed E-state index contributed by atoms with van der Waals surface area (Å²) >= 11 is 5.57. The van der Waals surface area contributed by atoms with Crippen LogP contribution in [0.1, 0.15) is 12.0 Å². The van der Waals surface area contributed by atoms with E-state index >= 15 is 0 Å². The highest BCUT2D eigenvalue weighted by atomic mass is 35.5. The van der Waals surface area contributed by atoms with Crippen LogP contribution in [0.3, 0.4) is 0 Å². The van der Waals surface area contributed by atoms with E-state index < -0.39 is 5.82 Å². The Hall–Kier alpha value is -0.930. The molecule has 2 atom stereocenters. The molecule has 0 amide bonds. The van der Waals surface area contributed by atoms with E-state index in [1.54, 1.807) is 6.20 Å². The normalized spacial score (nSPS) is 28.0. The fraction of sp³-hybridized carbons (Fsp3) is 0.417. The predicted molar refractivity (Wildman–Crippen MR) is 61.6 cm³/mol. The highest BCUT2D eigenvalue weighted by Gasteiger charge is 2.31. The van der Waals surface area contributed by atoms with Crippen molar-refractivity contribution < 1.29 is 4.39 Å². The van der Waals surface area contributed by atoms with Gasteiger partial charge in [0.25, 0.3) is 0 Å². The van der Waals surface area contributed by atoms with Crippen molar-refractivity contribution in [1.29, 1.82) is 0 Å². The summed E-state index contributed by atoms with van der Waals surface area (Å²) in [5.74, 6) is 0.845. The van der Waals surface area contributed by atoms with Crippen molar-refractivity contribution >= 4 is 17.2 Å². The predicted octanol–water partition coefficient (Wildman–Crippen LogP) is 2.50. The number of hydrogen-bond donors (Lipinski definition) is 1. The SMILES string of the molecule is Fc1cc(C2=CC3CNCC3C2)cnc1Cl. The molecule has 0 radical (unpaired) electrons. The minimum Gasteiger partial charge on any atom is -0.316 e. The smallest absolute Gasteiger partial charge is 0.164 e. The summed E-state index contributed by atoms with van der Waals surface area (Å²) in [7, 11) is 0. The summed E-state index contributed by atoms with van der Waals surface area (Å²) in [6, 6.07) is 1.48. The van der Waals surface area contributed by atoms with E-state index in [1.807, 2.05) is 0 Å². The number of nitrogens with one attached hydrogen (secondary N) is 1. The van der Waals surface area contributed by atoms with Crippen molar-refractivity contribution in [3.8, 4) is 0 Å². The van der Waals surface area contributed by atoms with E-state index in [9.17, 15) is 4.39 Å². The number of fused-ring (bicyclic) bond motifs is 1. The van der Waals surface area contributed by atoms with E-state index in [-0.39, 0.29) is 5.15 Å². The first-order valence-corrected chi connectivity index (χ1v) is 5.84. The second-order valence-corrected chi connectivity index (χ2v) is 4.83. The first-order valence-electron chi connectivity index (χ1n) is 5.47. The van der Waals surface area contributed by atoms with E-state index in [2.05, 4.69) is 16.4 Å². The maximum Gasteiger partial charge on any atom is 0.164 e. The Labute approximate surface area is 98.5 Å². The third-order valence-corrected chi connectivity index (χ3v) is 3.73. The van der Waals surface area contributed by atoms with Crippen molar-refractivity contribution in [3.05, 3.63) is 34.9 Å². The summed E-state index contributed by atoms with van der Waals surface area (Å²) in [6.45, 7) is 2.10. The molecule has 4 heteroatoms. The van der Waals surface area contributed by atoms with Crippen LogP contribution >= 0.6 is 11.6 Å². The number of rotatable bonds is 1. The molecular weight excluding hydrogens is 227 g/mol. The Morgan fingerprint density at radius 1 is 1.44 bits per heavy atom. The Morgan fingerprint density at radius 2 is 2.31 bits per heavy atom. The third-order valence-electron chi connectivity index (χ3n) is 3.46. The average Bonchev–Trinajstić information content (AvgIpc) is 2.81. The Bertz CT molecular complexity index is 458. The number of nitrogens with zero attached hydrogens (tertiary/aromatic N) is 1. The molecule has 2 unspecified atom stereocenters. The van der Waals surface area contributed by atoms with Gasteiger partial charge in [-0.1, -0.05) is 17.7 Å². The minimum absolute atomic E-state index is 0.0517. The molecule has 2 heterocycles. The monoisotopic (exact) mass is 238 g/mol. The van der Waals surface area contributed by atoms with E-state index in [4.69, 9.17) is 11.6 Å². The largest absolute Gasteiger partial charge is 0.316 e. The Kier molecular flexibility index (Phi) is 2.45. The maximum atomic E-state index is 13.3. The van der Waals surface area contributed by atoms with Crippen LogP contribution in [0.4, 0.5) is 4.39 Å². The van der Waals surface area contributed by atoms with Crippen LogP contribution in [0.25, 0.3) is 5.57 Å². The van der Waals surface area contributed by atoms with Crippen molar-refractivity contribution in [3.63, 3.8) is 0 Å². The topological polar surface area (TPSA) is 24.9 Å². The van der Waals surface area contributed by atoms with Gasteiger partial charge in [-0.05, 0) is 42.0 Å². The highest BCUT2D eigenvalue weighted by Crippen LogP contribution is 2.38. The van der Waals surface area contributed by atoms with Crippen LogP contribution in [0, 0.1) is 17.7 Å². The van der Waals surface area contributed by atoms with Crippen LogP contribution in [0.15, 0.2) is 18.3 Å². The number of halogens is 2. The van der Waals surface area contributed by atoms with Gasteiger partial charge in [0.2, 0.25) is 0 Å². The molecule has 1 aliphatic heterocycles. The van der Waals surface area contributed by atoms with Crippen LogP contribution in [0.2, 0.25) is 5.15 Å². The minimum atomic E-state index is -0.435. The van der Waals surface area contributed by atoms with Gasteiger partial charge in [0.15, 0.2) is 11.0 Å². The molecule has 0 saturated carbocycles. The molecule has 1 N–H and O–H groups in total. The van der Waals surface area contributed by atoms with Gasteiger partial charge in [0.1, 0.15) is 0 Å². The van der Waals surface area contributed by atoms with Gasteiger partial charge >= 0.3 is 0 Å². The molecule has 0 bridgehead atoms. The lowest BCUT2D eigenvalue weighted by Crippen LogP contribution is -2.09. The molecule has 84 valence electrons. The van der Waals surface area contributed by atoms with E-state index in [0.29, 0.717) is 11.8 Å². The zero-order valence-electron chi connectivity index (χ0n) is 8.71. The first kappa shape index (κ1) is 10.2. The zero-order chi connectivity index (χ0) is 11.1. The lowest BCUT2D eigenvalue weighted by atomic mass is 9.99. The number of pyridine rings is 1. The summed E-state index contributed by atoms with van der Waals surface area (Å²) in [6.07, 6.45) is 4.92. The van der Waals surface area contributed by atoms with Crippen LogP contribution in [-0.4, -0.2) is 18.1 Å². The van der Waals surface area contributed by atoms with Crippen molar-refractivity contribution in [2.24, 2.45) is 11.8 Å². The van der Waals surface area contributed by atoms with E-state index in [0.717, 1.165) is 25.1 Å². The Morgan fingerprint density at radius 3 is 3.06 bits per heavy atom. The zero-order valence-corrected chi connectivity index (χ0v) is 9.47. The van der Waals surface area contributed by atoms with E-state index in [1.165, 1.54) is 11.6 Å². The Balaban J connectivity index is 1.90. The number of hydrogen-bond acceptors (Lipinski definition) is 2. The van der Waals surface area contributed by atoms with Crippen LogP contribution < -0.4 is 5.32 Å². The van der Waals surface area contributed by atoms with Gasteiger partial charge in [-0.3, -0.25) is 0 Å². The molecule has 1 aromatic heterocycles. The van der Waals surface area contributed by atoms with Crippen molar-refractivity contribution in [1.82, 2.24) is 10.3 Å². The molecule has 2 aliphatic rings. The standard InChI is InChI=1S/C12H12ClFN2/c13-12-11(14)3-10(6-16-12)7-1-8-4-15-5-9(8)2-7/h1,3,6,8-9,15H,2,4-5H2. The molecular formula is C12H12ClFN2. The molecule has 1 aromatic rings. The molecule has 3 rings (SSSR count). The summed E-state index contributed by atoms with van der Waals surface area (Å²) in [4.78, 5) is 3.85. The van der Waals surface area contributed by atoms with Crippen LogP contribution in [-0.2, 0) is 0 Å². The molecule has 1 aliphatic carbocycles. The molecule has 2 nitrogen and oxygen atoms in total. The van der Waals surface area contributed by atoms with Gasteiger partial charge in [-0.15, -0.1) is 0 Å². The van der Waals surface area contributed by atoms with Crippen LogP contribution in [0.5, 0.6) is 0 Å². The molecule has 0 spiro atoms. The van der Waals surface area contributed by atoms with Gasteiger partial charge in [0, 0.05) is 12.7 Å². The molecule has 1 fully saturated rings. The van der Waals surface area contributed by atoms with Crippen molar-refractivity contribution in [2.75, 3.05) is 13.1 Å². The average molecular weight is 239 g/mol. The summed E-state index contributed by atoms with van der Waals surface area (Å²) in [5, 5.41) is 3.31. The maximum absolute atomic E-state index is 13.3.